The highest BCUT2D eigenvalue weighted by Gasteiger charge is 2.26. The first-order chi connectivity index (χ1) is 14.0. The molecule has 29 heavy (non-hydrogen) atoms. The third kappa shape index (κ3) is 4.91. The van der Waals surface area contributed by atoms with E-state index in [1.165, 1.54) is 35.2 Å². The summed E-state index contributed by atoms with van der Waals surface area (Å²) in [5.41, 5.74) is 1.85. The van der Waals surface area contributed by atoms with E-state index in [0.29, 0.717) is 16.7 Å². The highest BCUT2D eigenvalue weighted by molar-refractivity contribution is 8.00. The number of carbonyl (C=O) groups excluding carboxylic acids is 1. The number of benzene rings is 2. The van der Waals surface area contributed by atoms with Gasteiger partial charge in [0.15, 0.2) is 5.13 Å². The van der Waals surface area contributed by atoms with Crippen LogP contribution in [-0.4, -0.2) is 35.9 Å². The number of hydrogen-bond donors (Lipinski definition) is 0. The molecule has 152 valence electrons. The van der Waals surface area contributed by atoms with E-state index in [1.807, 2.05) is 19.1 Å². The van der Waals surface area contributed by atoms with E-state index in [1.54, 1.807) is 17.0 Å². The van der Waals surface area contributed by atoms with Gasteiger partial charge in [-0.3, -0.25) is 9.69 Å². The number of halogens is 2. The molecule has 1 aliphatic heterocycles. The zero-order valence-corrected chi connectivity index (χ0v) is 18.2. The van der Waals surface area contributed by atoms with Gasteiger partial charge in [0, 0.05) is 16.5 Å². The van der Waals surface area contributed by atoms with Crippen LogP contribution < -0.4 is 4.90 Å². The summed E-state index contributed by atoms with van der Waals surface area (Å²) < 4.78 is 19.8. The maximum Gasteiger partial charge on any atom is 0.239 e. The van der Waals surface area contributed by atoms with Gasteiger partial charge in [-0.15, -0.1) is 11.8 Å². The van der Waals surface area contributed by atoms with Gasteiger partial charge in [0.25, 0.3) is 0 Å². The second-order valence-corrected chi connectivity index (χ2v) is 9.44. The molecule has 0 radical (unpaired) electrons. The number of thiazole rings is 1. The average molecular weight is 451 g/mol. The van der Waals surface area contributed by atoms with Crippen molar-refractivity contribution in [1.82, 2.24) is 4.98 Å². The summed E-state index contributed by atoms with van der Waals surface area (Å²) in [6, 6.07) is 9.92. The van der Waals surface area contributed by atoms with Crippen molar-refractivity contribution in [3.05, 3.63) is 52.8 Å². The fourth-order valence-electron chi connectivity index (χ4n) is 3.29. The van der Waals surface area contributed by atoms with Gasteiger partial charge >= 0.3 is 0 Å². The molecule has 1 aliphatic rings. The van der Waals surface area contributed by atoms with Gasteiger partial charge < -0.3 is 4.74 Å². The van der Waals surface area contributed by atoms with Crippen molar-refractivity contribution < 1.29 is 13.9 Å². The van der Waals surface area contributed by atoms with E-state index < -0.39 is 0 Å². The number of fused-ring (bicyclic) bond motifs is 1. The third-order valence-corrected chi connectivity index (χ3v) is 7.00. The summed E-state index contributed by atoms with van der Waals surface area (Å²) in [5.74, 6) is -0.0876. The molecule has 0 aliphatic carbocycles. The van der Waals surface area contributed by atoms with E-state index in [2.05, 4.69) is 0 Å². The van der Waals surface area contributed by atoms with Crippen LogP contribution in [0.15, 0.2) is 41.3 Å². The molecular formula is C21H20ClFN2O2S2. The highest BCUT2D eigenvalue weighted by Crippen LogP contribution is 2.34. The Morgan fingerprint density at radius 3 is 2.90 bits per heavy atom. The lowest BCUT2D eigenvalue weighted by Crippen LogP contribution is -2.38. The predicted molar refractivity (Wildman–Crippen MR) is 118 cm³/mol. The number of aromatic nitrogens is 1. The Hall–Kier alpha value is -1.67. The van der Waals surface area contributed by atoms with Crippen LogP contribution in [0.4, 0.5) is 9.52 Å². The van der Waals surface area contributed by atoms with Crippen LogP contribution >= 0.6 is 34.7 Å². The SMILES string of the molecule is Cc1cc(Cl)cc2sc(N(CC3CCCO3)C(=O)CSc3ccc(F)cc3)nc12. The van der Waals surface area contributed by atoms with Gasteiger partial charge in [0.1, 0.15) is 5.82 Å². The topological polar surface area (TPSA) is 42.4 Å². The number of thioether (sulfide) groups is 1. The summed E-state index contributed by atoms with van der Waals surface area (Å²) in [6.45, 7) is 3.18. The minimum Gasteiger partial charge on any atom is -0.376 e. The van der Waals surface area contributed by atoms with E-state index >= 15 is 0 Å². The highest BCUT2D eigenvalue weighted by atomic mass is 35.5. The Kier molecular flexibility index (Phi) is 6.39. The molecule has 0 spiro atoms. The summed E-state index contributed by atoms with van der Waals surface area (Å²) >= 11 is 9.04. The van der Waals surface area contributed by atoms with Crippen molar-refractivity contribution >= 4 is 56.0 Å². The van der Waals surface area contributed by atoms with Crippen LogP contribution in [-0.2, 0) is 9.53 Å². The first-order valence-corrected chi connectivity index (χ1v) is 11.5. The maximum absolute atomic E-state index is 13.1. The first-order valence-electron chi connectivity index (χ1n) is 9.36. The summed E-state index contributed by atoms with van der Waals surface area (Å²) in [6.07, 6.45) is 1.96. The molecule has 1 aromatic heterocycles. The number of amides is 1. The molecule has 4 nitrogen and oxygen atoms in total. The van der Waals surface area contributed by atoms with Gasteiger partial charge in [-0.1, -0.05) is 22.9 Å². The second-order valence-electron chi connectivity index (χ2n) is 6.95. The molecule has 1 fully saturated rings. The molecular weight excluding hydrogens is 431 g/mol. The van der Waals surface area contributed by atoms with Crippen LogP contribution in [0.3, 0.4) is 0 Å². The maximum atomic E-state index is 13.1. The lowest BCUT2D eigenvalue weighted by atomic mass is 10.2. The number of hydrogen-bond acceptors (Lipinski definition) is 5. The molecule has 0 saturated carbocycles. The van der Waals surface area contributed by atoms with E-state index in [9.17, 15) is 9.18 Å². The average Bonchev–Trinajstić information content (AvgIpc) is 3.35. The van der Waals surface area contributed by atoms with Gasteiger partial charge in [-0.25, -0.2) is 9.37 Å². The van der Waals surface area contributed by atoms with Crippen molar-refractivity contribution in [3.8, 4) is 0 Å². The Balaban J connectivity index is 1.57. The Bertz CT molecular complexity index is 1020. The number of anilines is 1. The Morgan fingerprint density at radius 2 is 2.17 bits per heavy atom. The second kappa shape index (κ2) is 9.00. The molecule has 1 amide bonds. The molecule has 0 bridgehead atoms. The van der Waals surface area contributed by atoms with Crippen LogP contribution in [0.5, 0.6) is 0 Å². The molecule has 3 aromatic rings. The van der Waals surface area contributed by atoms with Crippen molar-refractivity contribution in [1.29, 1.82) is 0 Å². The Morgan fingerprint density at radius 1 is 1.38 bits per heavy atom. The molecule has 1 unspecified atom stereocenters. The molecule has 4 rings (SSSR count). The summed E-state index contributed by atoms with van der Waals surface area (Å²) in [4.78, 5) is 20.4. The first kappa shape index (κ1) is 20.6. The van der Waals surface area contributed by atoms with Crippen LogP contribution in [0.2, 0.25) is 5.02 Å². The standard InChI is InChI=1S/C21H20ClFN2O2S2/c1-13-9-14(22)10-18-20(13)24-21(29-18)25(11-16-3-2-8-27-16)19(26)12-28-17-6-4-15(23)5-7-17/h4-7,9-10,16H,2-3,8,11-12H2,1H3. The lowest BCUT2D eigenvalue weighted by molar-refractivity contribution is -0.116. The van der Waals surface area contributed by atoms with E-state index in [4.69, 9.17) is 21.3 Å². The molecule has 8 heteroatoms. The zero-order chi connectivity index (χ0) is 20.4. The van der Waals surface area contributed by atoms with Gasteiger partial charge in [-0.05, 0) is 61.7 Å². The van der Waals surface area contributed by atoms with Crippen LogP contribution in [0, 0.1) is 12.7 Å². The third-order valence-electron chi connectivity index (χ3n) is 4.76. The number of nitrogens with zero attached hydrogens (tertiary/aromatic N) is 2. The minimum atomic E-state index is -0.288. The molecule has 0 N–H and O–H groups in total. The summed E-state index contributed by atoms with van der Waals surface area (Å²) in [7, 11) is 0. The largest absolute Gasteiger partial charge is 0.376 e. The number of ether oxygens (including phenoxy) is 1. The fourth-order valence-corrected chi connectivity index (χ4v) is 5.51. The van der Waals surface area contributed by atoms with Gasteiger partial charge in [0.2, 0.25) is 5.91 Å². The van der Waals surface area contributed by atoms with Crippen molar-refractivity contribution in [2.45, 2.75) is 30.8 Å². The molecule has 2 aromatic carbocycles. The fraction of sp³-hybridized carbons (Fsp3) is 0.333. The van der Waals surface area contributed by atoms with Gasteiger partial charge in [-0.2, -0.15) is 0 Å². The predicted octanol–water partition coefficient (Wildman–Crippen LogP) is 5.70. The Labute approximate surface area is 182 Å². The molecule has 1 saturated heterocycles. The van der Waals surface area contributed by atoms with Crippen molar-refractivity contribution in [2.24, 2.45) is 0 Å². The van der Waals surface area contributed by atoms with Crippen molar-refractivity contribution in [3.63, 3.8) is 0 Å². The summed E-state index contributed by atoms with van der Waals surface area (Å²) in [5, 5.41) is 1.32. The zero-order valence-electron chi connectivity index (χ0n) is 15.9. The number of carbonyl (C=O) groups is 1. The number of rotatable bonds is 6. The quantitative estimate of drug-likeness (QED) is 0.451. The lowest BCUT2D eigenvalue weighted by Gasteiger charge is -2.23. The van der Waals surface area contributed by atoms with Crippen LogP contribution in [0.1, 0.15) is 18.4 Å². The normalized spacial score (nSPS) is 16.4. The molecule has 2 heterocycles. The van der Waals surface area contributed by atoms with Crippen molar-refractivity contribution in [2.75, 3.05) is 23.8 Å². The van der Waals surface area contributed by atoms with Crippen LogP contribution in [0.25, 0.3) is 10.2 Å². The van der Waals surface area contributed by atoms with E-state index in [-0.39, 0.29) is 23.6 Å². The minimum absolute atomic E-state index is 0.0199. The monoisotopic (exact) mass is 450 g/mol. The smallest absolute Gasteiger partial charge is 0.239 e. The number of aryl methyl sites for hydroxylation is 1. The molecule has 1 atom stereocenters. The van der Waals surface area contributed by atoms with E-state index in [0.717, 1.165) is 40.1 Å². The van der Waals surface area contributed by atoms with Gasteiger partial charge in [0.05, 0.1) is 28.6 Å².